The molecule has 0 radical (unpaired) electrons. The highest BCUT2D eigenvalue weighted by Gasteiger charge is 2.41. The highest BCUT2D eigenvalue weighted by Crippen LogP contribution is 2.35. The van der Waals surface area contributed by atoms with Gasteiger partial charge < -0.3 is 15.3 Å². The second-order valence-electron chi connectivity index (χ2n) is 5.92. The normalized spacial score (nSPS) is 39.0. The summed E-state index contributed by atoms with van der Waals surface area (Å²) < 4.78 is 0. The zero-order valence-electron chi connectivity index (χ0n) is 11.4. The first kappa shape index (κ1) is 13.3. The standard InChI is InChI=1S/C14H28N2O/c1-3-12-6-8-16(10-12)13-5-7-14(9-13,11-17)15-4-2/h12-13,15,17H,3-11H2,1-2H3. The Labute approximate surface area is 106 Å². The van der Waals surface area contributed by atoms with Crippen molar-refractivity contribution >= 4 is 0 Å². The summed E-state index contributed by atoms with van der Waals surface area (Å²) in [5, 5.41) is 13.1. The molecular formula is C14H28N2O. The molecule has 17 heavy (non-hydrogen) atoms. The van der Waals surface area contributed by atoms with Gasteiger partial charge in [-0.3, -0.25) is 0 Å². The average molecular weight is 240 g/mol. The van der Waals surface area contributed by atoms with Crippen molar-refractivity contribution in [3.63, 3.8) is 0 Å². The molecule has 2 rings (SSSR count). The molecule has 3 heteroatoms. The number of likely N-dealkylation sites (N-methyl/N-ethyl adjacent to an activating group) is 1. The van der Waals surface area contributed by atoms with Crippen LogP contribution in [0.1, 0.15) is 46.0 Å². The van der Waals surface area contributed by atoms with Gasteiger partial charge in [0.05, 0.1) is 6.61 Å². The maximum Gasteiger partial charge on any atom is 0.0613 e. The van der Waals surface area contributed by atoms with E-state index in [4.69, 9.17) is 0 Å². The van der Waals surface area contributed by atoms with Crippen molar-refractivity contribution in [1.82, 2.24) is 10.2 Å². The van der Waals surface area contributed by atoms with Gasteiger partial charge in [-0.1, -0.05) is 20.3 Å². The minimum Gasteiger partial charge on any atom is -0.394 e. The Morgan fingerprint density at radius 2 is 2.18 bits per heavy atom. The molecule has 0 spiro atoms. The summed E-state index contributed by atoms with van der Waals surface area (Å²) >= 11 is 0. The molecule has 0 aromatic rings. The van der Waals surface area contributed by atoms with E-state index in [1.807, 2.05) is 0 Å². The lowest BCUT2D eigenvalue weighted by Crippen LogP contribution is -2.47. The van der Waals surface area contributed by atoms with Crippen LogP contribution >= 0.6 is 0 Å². The fourth-order valence-electron chi connectivity index (χ4n) is 3.67. The molecule has 1 saturated heterocycles. The predicted molar refractivity (Wildman–Crippen MR) is 71.1 cm³/mol. The third kappa shape index (κ3) is 2.83. The summed E-state index contributed by atoms with van der Waals surface area (Å²) in [6.07, 6.45) is 6.22. The molecule has 1 aliphatic carbocycles. The first-order valence-corrected chi connectivity index (χ1v) is 7.33. The number of aliphatic hydroxyl groups excluding tert-OH is 1. The van der Waals surface area contributed by atoms with Gasteiger partial charge in [-0.15, -0.1) is 0 Å². The van der Waals surface area contributed by atoms with E-state index < -0.39 is 0 Å². The Kier molecular flexibility index (Phi) is 4.45. The lowest BCUT2D eigenvalue weighted by atomic mass is 9.98. The minimum absolute atomic E-state index is 0.0176. The third-order valence-corrected chi connectivity index (χ3v) is 4.85. The molecule has 1 saturated carbocycles. The van der Waals surface area contributed by atoms with Crippen LogP contribution in [0.25, 0.3) is 0 Å². The SMILES string of the molecule is CCNC1(CO)CCC(N2CCC(CC)C2)C1. The van der Waals surface area contributed by atoms with Crippen molar-refractivity contribution in [1.29, 1.82) is 0 Å². The van der Waals surface area contributed by atoms with Crippen molar-refractivity contribution in [2.75, 3.05) is 26.2 Å². The highest BCUT2D eigenvalue weighted by atomic mass is 16.3. The van der Waals surface area contributed by atoms with Gasteiger partial charge >= 0.3 is 0 Å². The van der Waals surface area contributed by atoms with Crippen LogP contribution in [0.5, 0.6) is 0 Å². The second kappa shape index (κ2) is 5.68. The van der Waals surface area contributed by atoms with Gasteiger partial charge in [-0.25, -0.2) is 0 Å². The van der Waals surface area contributed by atoms with Crippen molar-refractivity contribution in [2.24, 2.45) is 5.92 Å². The third-order valence-electron chi connectivity index (χ3n) is 4.85. The van der Waals surface area contributed by atoms with Gasteiger partial charge in [0.15, 0.2) is 0 Å². The Balaban J connectivity index is 1.89. The lowest BCUT2D eigenvalue weighted by molar-refractivity contribution is 0.151. The van der Waals surface area contributed by atoms with Gasteiger partial charge in [0.2, 0.25) is 0 Å². The molecule has 0 bridgehead atoms. The highest BCUT2D eigenvalue weighted by molar-refractivity contribution is 5.00. The molecule has 3 atom stereocenters. The topological polar surface area (TPSA) is 35.5 Å². The van der Waals surface area contributed by atoms with E-state index in [0.29, 0.717) is 12.6 Å². The molecule has 1 heterocycles. The summed E-state index contributed by atoms with van der Waals surface area (Å²) in [6.45, 7) is 8.26. The van der Waals surface area contributed by atoms with Gasteiger partial charge in [-0.2, -0.15) is 0 Å². The quantitative estimate of drug-likeness (QED) is 0.766. The fourth-order valence-corrected chi connectivity index (χ4v) is 3.67. The van der Waals surface area contributed by atoms with E-state index in [1.165, 1.54) is 32.4 Å². The van der Waals surface area contributed by atoms with Crippen LogP contribution in [0, 0.1) is 5.92 Å². The summed E-state index contributed by atoms with van der Waals surface area (Å²) in [7, 11) is 0. The monoisotopic (exact) mass is 240 g/mol. The van der Waals surface area contributed by atoms with E-state index in [2.05, 4.69) is 24.1 Å². The molecule has 3 unspecified atom stereocenters. The smallest absolute Gasteiger partial charge is 0.0613 e. The first-order chi connectivity index (χ1) is 8.23. The molecule has 2 N–H and O–H groups in total. The Morgan fingerprint density at radius 1 is 1.35 bits per heavy atom. The maximum absolute atomic E-state index is 9.63. The summed E-state index contributed by atoms with van der Waals surface area (Å²) in [6, 6.07) is 0.706. The molecule has 0 aromatic heterocycles. The minimum atomic E-state index is 0.0176. The van der Waals surface area contributed by atoms with E-state index in [-0.39, 0.29) is 5.54 Å². The van der Waals surface area contributed by atoms with Crippen LogP contribution in [0.2, 0.25) is 0 Å². The van der Waals surface area contributed by atoms with Gasteiger partial charge in [0, 0.05) is 18.1 Å². The van der Waals surface area contributed by atoms with Crippen LogP contribution in [-0.2, 0) is 0 Å². The molecule has 0 amide bonds. The molecule has 2 fully saturated rings. The molecule has 0 aromatic carbocycles. The zero-order valence-corrected chi connectivity index (χ0v) is 11.4. The zero-order chi connectivity index (χ0) is 12.3. The molecule has 2 aliphatic rings. The lowest BCUT2D eigenvalue weighted by Gasteiger charge is -2.30. The largest absolute Gasteiger partial charge is 0.394 e. The first-order valence-electron chi connectivity index (χ1n) is 7.33. The van der Waals surface area contributed by atoms with Crippen LogP contribution in [0.3, 0.4) is 0 Å². The van der Waals surface area contributed by atoms with E-state index in [0.717, 1.165) is 25.3 Å². The Bertz CT molecular complexity index is 246. The second-order valence-corrected chi connectivity index (χ2v) is 5.92. The van der Waals surface area contributed by atoms with Crippen molar-refractivity contribution < 1.29 is 5.11 Å². The van der Waals surface area contributed by atoms with Crippen LogP contribution in [0.4, 0.5) is 0 Å². The maximum atomic E-state index is 9.63. The van der Waals surface area contributed by atoms with Crippen LogP contribution in [0.15, 0.2) is 0 Å². The van der Waals surface area contributed by atoms with Crippen LogP contribution in [-0.4, -0.2) is 47.8 Å². The van der Waals surface area contributed by atoms with E-state index >= 15 is 0 Å². The number of hydrogen-bond donors (Lipinski definition) is 2. The summed E-state index contributed by atoms with van der Waals surface area (Å²) in [5.41, 5.74) is 0.0176. The van der Waals surface area contributed by atoms with Crippen molar-refractivity contribution in [3.05, 3.63) is 0 Å². The fraction of sp³-hybridized carbons (Fsp3) is 1.00. The predicted octanol–water partition coefficient (Wildman–Crippen LogP) is 1.61. The summed E-state index contributed by atoms with van der Waals surface area (Å²) in [5.74, 6) is 0.915. The summed E-state index contributed by atoms with van der Waals surface area (Å²) in [4.78, 5) is 2.67. The van der Waals surface area contributed by atoms with Crippen molar-refractivity contribution in [3.8, 4) is 0 Å². The molecule has 1 aliphatic heterocycles. The van der Waals surface area contributed by atoms with Crippen molar-refractivity contribution in [2.45, 2.75) is 57.5 Å². The number of hydrogen-bond acceptors (Lipinski definition) is 3. The molecular weight excluding hydrogens is 212 g/mol. The molecule has 100 valence electrons. The van der Waals surface area contributed by atoms with Gasteiger partial charge in [0.1, 0.15) is 0 Å². The number of rotatable bonds is 5. The average Bonchev–Trinajstić information content (AvgIpc) is 2.96. The van der Waals surface area contributed by atoms with E-state index in [1.54, 1.807) is 0 Å². The molecule has 3 nitrogen and oxygen atoms in total. The number of nitrogens with one attached hydrogen (secondary N) is 1. The van der Waals surface area contributed by atoms with Crippen LogP contribution < -0.4 is 5.32 Å². The number of likely N-dealkylation sites (tertiary alicyclic amines) is 1. The number of nitrogens with zero attached hydrogens (tertiary/aromatic N) is 1. The number of aliphatic hydroxyl groups is 1. The Morgan fingerprint density at radius 3 is 2.76 bits per heavy atom. The van der Waals surface area contributed by atoms with Gasteiger partial charge in [-0.05, 0) is 44.7 Å². The van der Waals surface area contributed by atoms with E-state index in [9.17, 15) is 5.11 Å². The van der Waals surface area contributed by atoms with Gasteiger partial charge in [0.25, 0.3) is 0 Å². The Hall–Kier alpha value is -0.120.